The third-order valence-electron chi connectivity index (χ3n) is 5.50. The fraction of sp³-hybridized carbons (Fsp3) is 0.318. The monoisotopic (exact) mass is 428 g/mol. The maximum absolute atomic E-state index is 13.7. The van der Waals surface area contributed by atoms with Crippen LogP contribution < -0.4 is 15.4 Å². The SMILES string of the molecule is COc1ccc(C2=NC3(CCN(CC(=O)Nc4cc(F)ccc4F)CC3)NC2=O)cc1. The number of nitrogens with one attached hydrogen (secondary N) is 2. The molecule has 2 N–H and O–H groups in total. The quantitative estimate of drug-likeness (QED) is 0.766. The molecule has 0 aromatic heterocycles. The molecule has 2 aliphatic rings. The van der Waals surface area contributed by atoms with E-state index in [0.29, 0.717) is 43.0 Å². The molecule has 162 valence electrons. The molecule has 7 nitrogen and oxygen atoms in total. The summed E-state index contributed by atoms with van der Waals surface area (Å²) in [4.78, 5) is 31.3. The van der Waals surface area contributed by atoms with Crippen molar-refractivity contribution in [2.45, 2.75) is 18.5 Å². The van der Waals surface area contributed by atoms with Crippen molar-refractivity contribution in [1.82, 2.24) is 10.2 Å². The second-order valence-corrected chi connectivity index (χ2v) is 7.62. The molecule has 2 aromatic rings. The van der Waals surface area contributed by atoms with Gasteiger partial charge in [-0.1, -0.05) is 0 Å². The average molecular weight is 428 g/mol. The predicted molar refractivity (Wildman–Crippen MR) is 111 cm³/mol. The Kier molecular flexibility index (Phi) is 5.69. The molecule has 0 bridgehead atoms. The van der Waals surface area contributed by atoms with E-state index < -0.39 is 23.2 Å². The highest BCUT2D eigenvalue weighted by Gasteiger charge is 2.42. The molecular weight excluding hydrogens is 406 g/mol. The molecule has 1 spiro atoms. The number of hydrogen-bond donors (Lipinski definition) is 2. The van der Waals surface area contributed by atoms with Gasteiger partial charge in [0.2, 0.25) is 5.91 Å². The Bertz CT molecular complexity index is 1030. The van der Waals surface area contributed by atoms with Crippen molar-refractivity contribution in [2.24, 2.45) is 4.99 Å². The molecule has 2 aliphatic heterocycles. The molecule has 0 atom stereocenters. The molecule has 0 unspecified atom stereocenters. The van der Waals surface area contributed by atoms with Crippen LogP contribution in [0.2, 0.25) is 0 Å². The molecule has 0 saturated carbocycles. The van der Waals surface area contributed by atoms with Gasteiger partial charge in [-0.25, -0.2) is 8.78 Å². The molecule has 1 saturated heterocycles. The first kappa shape index (κ1) is 20.9. The molecule has 2 amide bonds. The second-order valence-electron chi connectivity index (χ2n) is 7.62. The summed E-state index contributed by atoms with van der Waals surface area (Å²) in [6.45, 7) is 1.09. The summed E-state index contributed by atoms with van der Waals surface area (Å²) in [5, 5.41) is 5.38. The lowest BCUT2D eigenvalue weighted by Crippen LogP contribution is -2.52. The molecular formula is C22H22F2N4O3. The number of nitrogens with zero attached hydrogens (tertiary/aromatic N) is 2. The van der Waals surface area contributed by atoms with Gasteiger partial charge >= 0.3 is 0 Å². The maximum atomic E-state index is 13.7. The number of benzene rings is 2. The number of anilines is 1. The van der Waals surface area contributed by atoms with Gasteiger partial charge in [0, 0.05) is 37.6 Å². The van der Waals surface area contributed by atoms with Crippen LogP contribution in [0.5, 0.6) is 5.75 Å². The molecule has 0 radical (unpaired) electrons. The zero-order valence-electron chi connectivity index (χ0n) is 17.0. The van der Waals surface area contributed by atoms with E-state index in [4.69, 9.17) is 4.74 Å². The largest absolute Gasteiger partial charge is 0.497 e. The summed E-state index contributed by atoms with van der Waals surface area (Å²) in [7, 11) is 1.58. The van der Waals surface area contributed by atoms with Gasteiger partial charge < -0.3 is 15.4 Å². The van der Waals surface area contributed by atoms with Gasteiger partial charge in [0.15, 0.2) is 0 Å². The van der Waals surface area contributed by atoms with Crippen molar-refractivity contribution < 1.29 is 23.1 Å². The number of halogens is 2. The average Bonchev–Trinajstić information content (AvgIpc) is 3.08. The normalized spacial score (nSPS) is 17.9. The summed E-state index contributed by atoms with van der Waals surface area (Å²) >= 11 is 0. The number of ether oxygens (including phenoxy) is 1. The zero-order valence-corrected chi connectivity index (χ0v) is 17.0. The van der Waals surface area contributed by atoms with E-state index in [2.05, 4.69) is 15.6 Å². The number of carbonyl (C=O) groups is 2. The Hall–Kier alpha value is -3.33. The maximum Gasteiger partial charge on any atom is 0.272 e. The molecule has 0 aliphatic carbocycles. The van der Waals surface area contributed by atoms with E-state index >= 15 is 0 Å². The molecule has 2 heterocycles. The first-order valence-electron chi connectivity index (χ1n) is 9.91. The lowest BCUT2D eigenvalue weighted by atomic mass is 9.98. The first-order chi connectivity index (χ1) is 14.9. The fourth-order valence-corrected chi connectivity index (χ4v) is 3.81. The summed E-state index contributed by atoms with van der Waals surface area (Å²) in [5.41, 5.74) is 0.230. The van der Waals surface area contributed by atoms with Crippen molar-refractivity contribution in [2.75, 3.05) is 32.1 Å². The van der Waals surface area contributed by atoms with Crippen molar-refractivity contribution in [3.05, 3.63) is 59.7 Å². The van der Waals surface area contributed by atoms with E-state index in [0.717, 1.165) is 18.2 Å². The van der Waals surface area contributed by atoms with Crippen molar-refractivity contribution in [3.63, 3.8) is 0 Å². The van der Waals surface area contributed by atoms with Gasteiger partial charge in [-0.2, -0.15) is 0 Å². The number of hydrogen-bond acceptors (Lipinski definition) is 5. The number of amides is 2. The van der Waals surface area contributed by atoms with E-state index in [1.165, 1.54) is 0 Å². The van der Waals surface area contributed by atoms with Crippen LogP contribution >= 0.6 is 0 Å². The Morgan fingerprint density at radius 1 is 1.19 bits per heavy atom. The Morgan fingerprint density at radius 3 is 2.58 bits per heavy atom. The van der Waals surface area contributed by atoms with Crippen LogP contribution in [0.15, 0.2) is 47.5 Å². The number of likely N-dealkylation sites (tertiary alicyclic amines) is 1. The minimum atomic E-state index is -0.693. The van der Waals surface area contributed by atoms with Crippen LogP contribution in [0.25, 0.3) is 0 Å². The number of piperidine rings is 1. The Morgan fingerprint density at radius 2 is 1.90 bits per heavy atom. The van der Waals surface area contributed by atoms with E-state index in [9.17, 15) is 18.4 Å². The Labute approximate surface area is 178 Å². The lowest BCUT2D eigenvalue weighted by molar-refractivity contribution is -0.119. The highest BCUT2D eigenvalue weighted by atomic mass is 19.1. The second kappa shape index (κ2) is 8.43. The highest BCUT2D eigenvalue weighted by molar-refractivity contribution is 6.46. The van der Waals surface area contributed by atoms with E-state index in [1.807, 2.05) is 4.90 Å². The minimum Gasteiger partial charge on any atom is -0.497 e. The molecule has 2 aromatic carbocycles. The van der Waals surface area contributed by atoms with E-state index in [1.54, 1.807) is 31.4 Å². The van der Waals surface area contributed by atoms with Gasteiger partial charge in [0.05, 0.1) is 19.3 Å². The highest BCUT2D eigenvalue weighted by Crippen LogP contribution is 2.29. The Balaban J connectivity index is 1.36. The third kappa shape index (κ3) is 4.56. The number of carbonyl (C=O) groups excluding carboxylic acids is 2. The van der Waals surface area contributed by atoms with E-state index in [-0.39, 0.29) is 18.1 Å². The fourth-order valence-electron chi connectivity index (χ4n) is 3.81. The van der Waals surface area contributed by atoms with Crippen LogP contribution in [0.4, 0.5) is 14.5 Å². The van der Waals surface area contributed by atoms with Crippen LogP contribution in [0.3, 0.4) is 0 Å². The minimum absolute atomic E-state index is 0.0367. The van der Waals surface area contributed by atoms with Gasteiger partial charge in [0.1, 0.15) is 28.8 Å². The van der Waals surface area contributed by atoms with Crippen molar-refractivity contribution in [3.8, 4) is 5.75 Å². The van der Waals surface area contributed by atoms with Crippen LogP contribution in [0.1, 0.15) is 18.4 Å². The summed E-state index contributed by atoms with van der Waals surface area (Å²) in [6, 6.07) is 10.0. The molecule has 31 heavy (non-hydrogen) atoms. The van der Waals surface area contributed by atoms with Gasteiger partial charge in [-0.15, -0.1) is 0 Å². The number of rotatable bonds is 5. The first-order valence-corrected chi connectivity index (χ1v) is 9.91. The molecule has 9 heteroatoms. The smallest absolute Gasteiger partial charge is 0.272 e. The van der Waals surface area contributed by atoms with Crippen molar-refractivity contribution in [1.29, 1.82) is 0 Å². The van der Waals surface area contributed by atoms with Gasteiger partial charge in [0.25, 0.3) is 5.91 Å². The zero-order chi connectivity index (χ0) is 22.0. The standard InChI is InChI=1S/C22H22F2N4O3/c1-31-16-5-2-14(3-6-16)20-21(30)27-22(26-20)8-10-28(11-9-22)13-19(29)25-18-12-15(23)4-7-17(18)24/h2-7,12H,8-11,13H2,1H3,(H,25,29)(H,27,30). The van der Waals surface area contributed by atoms with Crippen LogP contribution in [-0.4, -0.2) is 54.8 Å². The summed E-state index contributed by atoms with van der Waals surface area (Å²) < 4.78 is 32.1. The number of aliphatic imine (C=N–C) groups is 1. The van der Waals surface area contributed by atoms with Gasteiger partial charge in [-0.05, 0) is 36.4 Å². The van der Waals surface area contributed by atoms with Crippen molar-refractivity contribution >= 4 is 23.2 Å². The third-order valence-corrected chi connectivity index (χ3v) is 5.50. The molecule has 1 fully saturated rings. The molecule has 4 rings (SSSR count). The number of methoxy groups -OCH3 is 1. The van der Waals surface area contributed by atoms with Crippen LogP contribution in [-0.2, 0) is 9.59 Å². The summed E-state index contributed by atoms with van der Waals surface area (Å²) in [5.74, 6) is -1.28. The van der Waals surface area contributed by atoms with Crippen LogP contribution in [0, 0.1) is 11.6 Å². The lowest BCUT2D eigenvalue weighted by Gasteiger charge is -2.36. The topological polar surface area (TPSA) is 83.0 Å². The summed E-state index contributed by atoms with van der Waals surface area (Å²) in [6.07, 6.45) is 1.08. The predicted octanol–water partition coefficient (Wildman–Crippen LogP) is 2.32. The van der Waals surface area contributed by atoms with Gasteiger partial charge in [-0.3, -0.25) is 19.5 Å².